The van der Waals surface area contributed by atoms with Crippen molar-refractivity contribution in [2.24, 2.45) is 0 Å². The quantitative estimate of drug-likeness (QED) is 0.508. The average Bonchev–Trinajstić information content (AvgIpc) is 2.61. The van der Waals surface area contributed by atoms with Gasteiger partial charge >= 0.3 is 0 Å². The minimum Gasteiger partial charge on any atom is -0.493 e. The van der Waals surface area contributed by atoms with Crippen LogP contribution in [0.15, 0.2) is 18.2 Å². The smallest absolute Gasteiger partial charge is 0.229 e. The second kappa shape index (κ2) is 7.91. The molecule has 8 heteroatoms. The molecule has 1 heterocycles. The van der Waals surface area contributed by atoms with E-state index in [-0.39, 0.29) is 17.3 Å². The van der Waals surface area contributed by atoms with Crippen LogP contribution < -0.4 is 9.47 Å². The number of benzene rings is 1. The first-order chi connectivity index (χ1) is 11.4. The first-order valence-corrected chi connectivity index (χ1v) is 7.61. The molecule has 0 radical (unpaired) electrons. The summed E-state index contributed by atoms with van der Waals surface area (Å²) in [6, 6.07) is 4.54. The largest absolute Gasteiger partial charge is 0.493 e. The summed E-state index contributed by atoms with van der Waals surface area (Å²) < 4.78 is 16.0. The number of hydrogen-bond donors (Lipinski definition) is 4. The van der Waals surface area contributed by atoms with Gasteiger partial charge in [0.15, 0.2) is 17.3 Å². The zero-order valence-corrected chi connectivity index (χ0v) is 13.5. The number of rotatable bonds is 6. The third-order valence-corrected chi connectivity index (χ3v) is 3.90. The molecule has 0 spiro atoms. The lowest BCUT2D eigenvalue weighted by molar-refractivity contribution is -0.277. The summed E-state index contributed by atoms with van der Waals surface area (Å²) >= 11 is 0. The van der Waals surface area contributed by atoms with Crippen molar-refractivity contribution < 1.29 is 39.4 Å². The SMILES string of the molecule is CCC(=O)c1ccc(O[C@@H]2O[C@H](CO)[C@@H](O)[C@@H](O)[C@H]2O)c(OC)c1. The van der Waals surface area contributed by atoms with Crippen molar-refractivity contribution in [1.29, 1.82) is 0 Å². The van der Waals surface area contributed by atoms with E-state index in [0.717, 1.165) is 0 Å². The van der Waals surface area contributed by atoms with E-state index in [1.54, 1.807) is 13.0 Å². The second-order valence-corrected chi connectivity index (χ2v) is 5.46. The molecule has 5 atom stereocenters. The molecule has 1 saturated heterocycles. The fraction of sp³-hybridized carbons (Fsp3) is 0.562. The number of carbonyl (C=O) groups is 1. The van der Waals surface area contributed by atoms with Gasteiger partial charge in [-0.05, 0) is 18.2 Å². The maximum Gasteiger partial charge on any atom is 0.229 e. The number of methoxy groups -OCH3 is 1. The molecule has 134 valence electrons. The summed E-state index contributed by atoms with van der Waals surface area (Å²) in [4.78, 5) is 11.7. The van der Waals surface area contributed by atoms with Gasteiger partial charge in [0, 0.05) is 12.0 Å². The van der Waals surface area contributed by atoms with Gasteiger partial charge in [-0.25, -0.2) is 0 Å². The van der Waals surface area contributed by atoms with Crippen LogP contribution in [-0.2, 0) is 4.74 Å². The first-order valence-electron chi connectivity index (χ1n) is 7.61. The predicted molar refractivity (Wildman–Crippen MR) is 82.0 cm³/mol. The molecule has 8 nitrogen and oxygen atoms in total. The monoisotopic (exact) mass is 342 g/mol. The van der Waals surface area contributed by atoms with Gasteiger partial charge in [-0.3, -0.25) is 4.79 Å². The summed E-state index contributed by atoms with van der Waals surface area (Å²) in [6.07, 6.45) is -6.56. The van der Waals surface area contributed by atoms with Gasteiger partial charge in [-0.2, -0.15) is 0 Å². The number of aliphatic hydroxyl groups is 4. The first kappa shape index (κ1) is 18.6. The summed E-state index contributed by atoms with van der Waals surface area (Å²) in [7, 11) is 1.40. The van der Waals surface area contributed by atoms with Crippen LogP contribution in [0.1, 0.15) is 23.7 Å². The molecule has 0 aliphatic carbocycles. The Bertz CT molecular complexity index is 573. The van der Waals surface area contributed by atoms with Crippen molar-refractivity contribution in [3.05, 3.63) is 23.8 Å². The highest BCUT2D eigenvalue weighted by Crippen LogP contribution is 2.32. The zero-order chi connectivity index (χ0) is 17.9. The van der Waals surface area contributed by atoms with Crippen LogP contribution in [0.2, 0.25) is 0 Å². The highest BCUT2D eigenvalue weighted by molar-refractivity contribution is 5.96. The van der Waals surface area contributed by atoms with E-state index < -0.39 is 37.3 Å². The number of carbonyl (C=O) groups excluding carboxylic acids is 1. The summed E-state index contributed by atoms with van der Waals surface area (Å²) in [5, 5.41) is 38.7. The molecule has 4 N–H and O–H groups in total. The van der Waals surface area contributed by atoms with Gasteiger partial charge in [0.2, 0.25) is 6.29 Å². The lowest BCUT2D eigenvalue weighted by Gasteiger charge is -2.39. The van der Waals surface area contributed by atoms with Crippen LogP contribution in [-0.4, -0.2) is 70.6 Å². The molecule has 1 aromatic rings. The Hall–Kier alpha value is -1.71. The van der Waals surface area contributed by atoms with Crippen molar-refractivity contribution in [2.45, 2.75) is 44.1 Å². The van der Waals surface area contributed by atoms with E-state index in [1.165, 1.54) is 19.2 Å². The lowest BCUT2D eigenvalue weighted by Crippen LogP contribution is -2.60. The molecule has 0 unspecified atom stereocenters. The van der Waals surface area contributed by atoms with Gasteiger partial charge < -0.3 is 34.6 Å². The van der Waals surface area contributed by atoms with Crippen molar-refractivity contribution >= 4 is 5.78 Å². The third-order valence-electron chi connectivity index (χ3n) is 3.90. The van der Waals surface area contributed by atoms with Crippen LogP contribution in [0.25, 0.3) is 0 Å². The van der Waals surface area contributed by atoms with Gasteiger partial charge in [0.25, 0.3) is 0 Å². The molecule has 1 fully saturated rings. The third kappa shape index (κ3) is 3.68. The maximum absolute atomic E-state index is 11.7. The molecule has 0 saturated carbocycles. The number of ether oxygens (including phenoxy) is 3. The van der Waals surface area contributed by atoms with Gasteiger partial charge in [0.05, 0.1) is 13.7 Å². The fourth-order valence-electron chi connectivity index (χ4n) is 2.43. The maximum atomic E-state index is 11.7. The predicted octanol–water partition coefficient (Wildman–Crippen LogP) is -0.533. The summed E-state index contributed by atoms with van der Waals surface area (Å²) in [5.41, 5.74) is 0.454. The Morgan fingerprint density at radius 3 is 2.46 bits per heavy atom. The second-order valence-electron chi connectivity index (χ2n) is 5.46. The number of hydrogen-bond acceptors (Lipinski definition) is 8. The van der Waals surface area contributed by atoms with Crippen molar-refractivity contribution in [3.63, 3.8) is 0 Å². The molecule has 0 bridgehead atoms. The van der Waals surface area contributed by atoms with E-state index in [4.69, 9.17) is 14.2 Å². The van der Waals surface area contributed by atoms with Crippen LogP contribution in [0.3, 0.4) is 0 Å². The Labute approximate surface area is 139 Å². The minimum atomic E-state index is -1.53. The van der Waals surface area contributed by atoms with E-state index in [2.05, 4.69) is 0 Å². The number of aliphatic hydroxyl groups excluding tert-OH is 4. The molecular weight excluding hydrogens is 320 g/mol. The fourth-order valence-corrected chi connectivity index (χ4v) is 2.43. The van der Waals surface area contributed by atoms with Gasteiger partial charge in [0.1, 0.15) is 24.4 Å². The van der Waals surface area contributed by atoms with Crippen LogP contribution in [0, 0.1) is 0 Å². The summed E-state index contributed by atoms with van der Waals surface area (Å²) in [5.74, 6) is 0.383. The molecule has 1 aliphatic heterocycles. The molecule has 24 heavy (non-hydrogen) atoms. The molecule has 2 rings (SSSR count). The van der Waals surface area contributed by atoms with E-state index in [0.29, 0.717) is 12.0 Å². The van der Waals surface area contributed by atoms with Gasteiger partial charge in [-0.1, -0.05) is 6.92 Å². The number of Topliss-reactive ketones (excluding diaryl/α,β-unsaturated/α-hetero) is 1. The van der Waals surface area contributed by atoms with Crippen molar-refractivity contribution in [2.75, 3.05) is 13.7 Å². The Balaban J connectivity index is 2.21. The molecule has 0 amide bonds. The van der Waals surface area contributed by atoms with Crippen molar-refractivity contribution in [1.82, 2.24) is 0 Å². The highest BCUT2D eigenvalue weighted by atomic mass is 16.7. The van der Waals surface area contributed by atoms with Crippen LogP contribution in [0.5, 0.6) is 11.5 Å². The van der Waals surface area contributed by atoms with E-state index in [9.17, 15) is 25.2 Å². The van der Waals surface area contributed by atoms with E-state index >= 15 is 0 Å². The van der Waals surface area contributed by atoms with Crippen molar-refractivity contribution in [3.8, 4) is 11.5 Å². The average molecular weight is 342 g/mol. The Morgan fingerprint density at radius 2 is 1.88 bits per heavy atom. The minimum absolute atomic E-state index is 0.0623. The molecule has 1 aliphatic rings. The normalized spacial score (nSPS) is 30.0. The van der Waals surface area contributed by atoms with Crippen LogP contribution in [0.4, 0.5) is 0 Å². The zero-order valence-electron chi connectivity index (χ0n) is 13.5. The Morgan fingerprint density at radius 1 is 1.17 bits per heavy atom. The highest BCUT2D eigenvalue weighted by Gasteiger charge is 2.44. The van der Waals surface area contributed by atoms with Gasteiger partial charge in [-0.15, -0.1) is 0 Å². The number of ketones is 1. The molecule has 0 aromatic heterocycles. The topological polar surface area (TPSA) is 126 Å². The van der Waals surface area contributed by atoms with E-state index in [1.807, 2.05) is 0 Å². The standard InChI is InChI=1S/C16H22O8/c1-3-9(18)8-4-5-10(11(6-8)22-2)23-16-15(21)14(20)13(19)12(7-17)24-16/h4-6,12-17,19-21H,3,7H2,1-2H3/t12-,13-,14-,15-,16-/m1/s1. The molecular formula is C16H22O8. The van der Waals surface area contributed by atoms with Crippen LogP contribution >= 0.6 is 0 Å². The molecule has 1 aromatic carbocycles. The Kier molecular flexibility index (Phi) is 6.14. The lowest BCUT2D eigenvalue weighted by atomic mass is 9.99. The summed E-state index contributed by atoms with van der Waals surface area (Å²) in [6.45, 7) is 1.19.